The highest BCUT2D eigenvalue weighted by Crippen LogP contribution is 2.25. The van der Waals surface area contributed by atoms with Gasteiger partial charge in [-0.25, -0.2) is 4.79 Å². The van der Waals surface area contributed by atoms with Crippen molar-refractivity contribution in [3.05, 3.63) is 63.2 Å². The summed E-state index contributed by atoms with van der Waals surface area (Å²) in [6, 6.07) is 9.37. The summed E-state index contributed by atoms with van der Waals surface area (Å²) >= 11 is 5.75. The van der Waals surface area contributed by atoms with Crippen LogP contribution >= 0.6 is 11.6 Å². The van der Waals surface area contributed by atoms with Crippen molar-refractivity contribution in [1.29, 1.82) is 0 Å². The van der Waals surface area contributed by atoms with Gasteiger partial charge in [-0.15, -0.1) is 0 Å². The summed E-state index contributed by atoms with van der Waals surface area (Å²) in [4.78, 5) is 34.4. The number of halogens is 1. The highest BCUT2D eigenvalue weighted by Gasteiger charge is 2.23. The van der Waals surface area contributed by atoms with Gasteiger partial charge in [0.2, 0.25) is 0 Å². The summed E-state index contributed by atoms with van der Waals surface area (Å²) in [6.45, 7) is 1.30. The number of ether oxygens (including phenoxy) is 1. The molecule has 25 heavy (non-hydrogen) atoms. The molecule has 2 aromatic carbocycles. The highest BCUT2D eigenvalue weighted by atomic mass is 35.5. The zero-order valence-corrected chi connectivity index (χ0v) is 13.7. The Morgan fingerprint density at radius 3 is 2.64 bits per heavy atom. The largest absolute Gasteiger partial charge is 0.507 e. The van der Waals surface area contributed by atoms with Gasteiger partial charge in [0.15, 0.2) is 6.10 Å². The van der Waals surface area contributed by atoms with E-state index in [2.05, 4.69) is 5.32 Å². The van der Waals surface area contributed by atoms with E-state index in [1.165, 1.54) is 49.4 Å². The number of amides is 1. The van der Waals surface area contributed by atoms with Crippen LogP contribution in [0.5, 0.6) is 5.75 Å². The van der Waals surface area contributed by atoms with Crippen molar-refractivity contribution in [3.8, 4) is 5.75 Å². The average molecular weight is 365 g/mol. The van der Waals surface area contributed by atoms with Crippen LogP contribution in [0.2, 0.25) is 5.02 Å². The van der Waals surface area contributed by atoms with Crippen LogP contribution in [-0.4, -0.2) is 28.0 Å². The van der Waals surface area contributed by atoms with Crippen LogP contribution in [-0.2, 0) is 9.53 Å². The lowest BCUT2D eigenvalue weighted by Crippen LogP contribution is -2.30. The molecule has 0 saturated carbocycles. The first kappa shape index (κ1) is 18.2. The van der Waals surface area contributed by atoms with E-state index in [0.29, 0.717) is 0 Å². The SMILES string of the molecule is C[C@H](OC(=O)c1cc(Cl)ccc1O)C(=O)Nc1ccccc1[N+](=O)[O-]. The smallest absolute Gasteiger partial charge is 0.342 e. The molecule has 8 nitrogen and oxygen atoms in total. The number of carbonyl (C=O) groups excluding carboxylic acids is 2. The second-order valence-electron chi connectivity index (χ2n) is 4.97. The van der Waals surface area contributed by atoms with E-state index < -0.39 is 22.9 Å². The van der Waals surface area contributed by atoms with Gasteiger partial charge in [0.25, 0.3) is 11.6 Å². The molecular weight excluding hydrogens is 352 g/mol. The molecule has 2 N–H and O–H groups in total. The van der Waals surface area contributed by atoms with Crippen LogP contribution < -0.4 is 5.32 Å². The van der Waals surface area contributed by atoms with E-state index in [1.807, 2.05) is 0 Å². The van der Waals surface area contributed by atoms with Gasteiger partial charge in [-0.3, -0.25) is 14.9 Å². The molecule has 0 aliphatic carbocycles. The lowest BCUT2D eigenvalue weighted by atomic mass is 10.2. The van der Waals surface area contributed by atoms with Crippen molar-refractivity contribution in [1.82, 2.24) is 0 Å². The van der Waals surface area contributed by atoms with Crippen LogP contribution in [0.15, 0.2) is 42.5 Å². The maximum absolute atomic E-state index is 12.1. The zero-order valence-electron chi connectivity index (χ0n) is 12.9. The molecule has 0 bridgehead atoms. The van der Waals surface area contributed by atoms with Gasteiger partial charge in [-0.05, 0) is 31.2 Å². The number of carbonyl (C=O) groups is 2. The minimum absolute atomic E-state index is 0.0222. The third kappa shape index (κ3) is 4.45. The summed E-state index contributed by atoms with van der Waals surface area (Å²) in [6.07, 6.45) is -1.26. The maximum Gasteiger partial charge on any atom is 0.342 e. The van der Waals surface area contributed by atoms with Crippen molar-refractivity contribution in [3.63, 3.8) is 0 Å². The Morgan fingerprint density at radius 1 is 1.28 bits per heavy atom. The number of phenolic OH excluding ortho intramolecular Hbond substituents is 1. The van der Waals surface area contributed by atoms with Crippen molar-refractivity contribution in [2.24, 2.45) is 0 Å². The molecule has 0 aromatic heterocycles. The number of hydrogen-bond acceptors (Lipinski definition) is 6. The Balaban J connectivity index is 2.09. The molecule has 1 atom stereocenters. The molecule has 0 fully saturated rings. The van der Waals surface area contributed by atoms with E-state index in [0.717, 1.165) is 0 Å². The Bertz CT molecular complexity index is 839. The van der Waals surface area contributed by atoms with Gasteiger partial charge in [-0.1, -0.05) is 23.7 Å². The minimum Gasteiger partial charge on any atom is -0.507 e. The second kappa shape index (κ2) is 7.63. The van der Waals surface area contributed by atoms with Crippen molar-refractivity contribution in [2.75, 3.05) is 5.32 Å². The quantitative estimate of drug-likeness (QED) is 0.478. The molecule has 0 radical (unpaired) electrons. The first-order valence-electron chi connectivity index (χ1n) is 7.03. The zero-order chi connectivity index (χ0) is 18.6. The number of aromatic hydroxyl groups is 1. The molecule has 0 aliphatic rings. The van der Waals surface area contributed by atoms with Crippen LogP contribution in [0.3, 0.4) is 0 Å². The number of nitro groups is 1. The number of phenols is 1. The molecule has 0 saturated heterocycles. The van der Waals surface area contributed by atoms with E-state index in [1.54, 1.807) is 0 Å². The Kier molecular flexibility index (Phi) is 5.56. The first-order valence-corrected chi connectivity index (χ1v) is 7.41. The second-order valence-corrected chi connectivity index (χ2v) is 5.41. The predicted molar refractivity (Wildman–Crippen MR) is 89.7 cm³/mol. The molecule has 2 aromatic rings. The number of anilines is 1. The van der Waals surface area contributed by atoms with Crippen LogP contribution in [0.4, 0.5) is 11.4 Å². The fraction of sp³-hybridized carbons (Fsp3) is 0.125. The van der Waals surface area contributed by atoms with E-state index in [4.69, 9.17) is 16.3 Å². The van der Waals surface area contributed by atoms with Gasteiger partial charge >= 0.3 is 5.97 Å². The first-order chi connectivity index (χ1) is 11.8. The molecule has 1 amide bonds. The number of rotatable bonds is 5. The van der Waals surface area contributed by atoms with Crippen LogP contribution in [0.25, 0.3) is 0 Å². The highest BCUT2D eigenvalue weighted by molar-refractivity contribution is 6.31. The third-order valence-electron chi connectivity index (χ3n) is 3.19. The van der Waals surface area contributed by atoms with E-state index in [9.17, 15) is 24.8 Å². The summed E-state index contributed by atoms with van der Waals surface area (Å²) < 4.78 is 4.97. The number of hydrogen-bond donors (Lipinski definition) is 2. The van der Waals surface area contributed by atoms with Gasteiger partial charge in [-0.2, -0.15) is 0 Å². The number of benzene rings is 2. The van der Waals surface area contributed by atoms with Gasteiger partial charge in [0, 0.05) is 11.1 Å². The van der Waals surface area contributed by atoms with Gasteiger partial charge in [0.05, 0.1) is 4.92 Å². The predicted octanol–water partition coefficient (Wildman–Crippen LogP) is 3.14. The molecule has 9 heteroatoms. The third-order valence-corrected chi connectivity index (χ3v) is 3.43. The molecule has 130 valence electrons. The normalized spacial score (nSPS) is 11.4. The number of nitro benzene ring substituents is 1. The van der Waals surface area contributed by atoms with E-state index in [-0.39, 0.29) is 27.7 Å². The topological polar surface area (TPSA) is 119 Å². The minimum atomic E-state index is -1.26. The summed E-state index contributed by atoms with van der Waals surface area (Å²) in [5, 5.41) is 23.1. The van der Waals surface area contributed by atoms with Crippen LogP contribution in [0, 0.1) is 10.1 Å². The summed E-state index contributed by atoms with van der Waals surface area (Å²) in [7, 11) is 0. The average Bonchev–Trinajstić information content (AvgIpc) is 2.57. The fourth-order valence-electron chi connectivity index (χ4n) is 1.92. The molecule has 0 unspecified atom stereocenters. The summed E-state index contributed by atoms with van der Waals surface area (Å²) in [5.74, 6) is -2.06. The number of nitrogens with zero attached hydrogens (tertiary/aromatic N) is 1. The Labute approximate surface area is 147 Å². The van der Waals surface area contributed by atoms with E-state index >= 15 is 0 Å². The van der Waals surface area contributed by atoms with Crippen molar-refractivity contribution >= 4 is 34.9 Å². The number of para-hydroxylation sites is 2. The molecule has 2 rings (SSSR count). The van der Waals surface area contributed by atoms with Gasteiger partial charge < -0.3 is 15.2 Å². The Hall–Kier alpha value is -3.13. The summed E-state index contributed by atoms with van der Waals surface area (Å²) in [5.41, 5.74) is -0.509. The van der Waals surface area contributed by atoms with Crippen molar-refractivity contribution in [2.45, 2.75) is 13.0 Å². The molecule has 0 spiro atoms. The van der Waals surface area contributed by atoms with Crippen LogP contribution in [0.1, 0.15) is 17.3 Å². The molecule has 0 aliphatic heterocycles. The standard InChI is InChI=1S/C16H13ClN2O6/c1-9(25-16(22)11-8-10(17)6-7-14(11)20)15(21)18-12-4-2-3-5-13(12)19(23)24/h2-9,20H,1H3,(H,18,21)/t9-/m0/s1. The molecule has 0 heterocycles. The monoisotopic (exact) mass is 364 g/mol. The lowest BCUT2D eigenvalue weighted by molar-refractivity contribution is -0.383. The fourth-order valence-corrected chi connectivity index (χ4v) is 2.09. The number of esters is 1. The van der Waals surface area contributed by atoms with Gasteiger partial charge in [0.1, 0.15) is 17.0 Å². The number of nitrogens with one attached hydrogen (secondary N) is 1. The molecular formula is C16H13ClN2O6. The Morgan fingerprint density at radius 2 is 1.96 bits per heavy atom. The lowest BCUT2D eigenvalue weighted by Gasteiger charge is -2.14. The maximum atomic E-state index is 12.1. The van der Waals surface area contributed by atoms with Crippen molar-refractivity contribution < 1.29 is 24.4 Å².